The lowest BCUT2D eigenvalue weighted by Crippen LogP contribution is -2.41. The summed E-state index contributed by atoms with van der Waals surface area (Å²) in [6.07, 6.45) is 2.33. The number of hydrogen-bond acceptors (Lipinski definition) is 3. The van der Waals surface area contributed by atoms with Gasteiger partial charge in [-0.05, 0) is 30.4 Å². The Kier molecular flexibility index (Phi) is 3.47. The molecule has 0 aliphatic carbocycles. The van der Waals surface area contributed by atoms with Gasteiger partial charge >= 0.3 is 0 Å². The van der Waals surface area contributed by atoms with Crippen LogP contribution in [0.5, 0.6) is 0 Å². The van der Waals surface area contributed by atoms with E-state index in [0.717, 1.165) is 43.0 Å². The van der Waals surface area contributed by atoms with Crippen LogP contribution in [0.2, 0.25) is 0 Å². The van der Waals surface area contributed by atoms with Gasteiger partial charge in [-0.25, -0.2) is 0 Å². The molecule has 3 rings (SSSR count). The summed E-state index contributed by atoms with van der Waals surface area (Å²) in [7, 11) is 1.83. The Morgan fingerprint density at radius 3 is 2.52 bits per heavy atom. The highest BCUT2D eigenvalue weighted by Crippen LogP contribution is 2.32. The molecule has 2 aliphatic rings. The highest BCUT2D eigenvalue weighted by atomic mass is 16.2. The number of amides is 1. The molecule has 1 amide bonds. The summed E-state index contributed by atoms with van der Waals surface area (Å²) in [5.41, 5.74) is 2.45. The number of amidine groups is 1. The van der Waals surface area contributed by atoms with E-state index in [4.69, 9.17) is 0 Å². The maximum Gasteiger partial charge on any atom is 0.248 e. The average molecular weight is 285 g/mol. The smallest absolute Gasteiger partial charge is 0.248 e. The van der Waals surface area contributed by atoms with Crippen LogP contribution in [0.1, 0.15) is 32.3 Å². The van der Waals surface area contributed by atoms with Crippen molar-refractivity contribution in [3.8, 4) is 0 Å². The van der Waals surface area contributed by atoms with Crippen molar-refractivity contribution in [2.75, 3.05) is 31.6 Å². The Morgan fingerprint density at radius 2 is 1.81 bits per heavy atom. The Balaban J connectivity index is 1.95. The Morgan fingerprint density at radius 1 is 1.14 bits per heavy atom. The fraction of sp³-hybridized carbons (Fsp3) is 0.529. The lowest BCUT2D eigenvalue weighted by atomic mass is 9.82. The van der Waals surface area contributed by atoms with E-state index in [2.05, 4.69) is 29.8 Å². The quantitative estimate of drug-likeness (QED) is 0.734. The standard InChI is InChI=1S/C17H23N3O/c1-17(2)8-10-20(11-9-17)16-13-6-4-5-7-14(13)19(3)15(21)12-18-16/h4-7H,8-12H2,1-3H3. The number of fused-ring (bicyclic) bond motifs is 1. The molecule has 0 bridgehead atoms. The largest absolute Gasteiger partial charge is 0.356 e. The number of carbonyl (C=O) groups excluding carboxylic acids is 1. The minimum atomic E-state index is 0.0507. The van der Waals surface area contributed by atoms with Gasteiger partial charge < -0.3 is 9.80 Å². The minimum Gasteiger partial charge on any atom is -0.356 e. The van der Waals surface area contributed by atoms with Crippen LogP contribution in [-0.2, 0) is 4.79 Å². The molecule has 0 aromatic heterocycles. The van der Waals surface area contributed by atoms with Gasteiger partial charge in [0.2, 0.25) is 5.91 Å². The molecule has 0 spiro atoms. The van der Waals surface area contributed by atoms with E-state index in [1.54, 1.807) is 4.90 Å². The molecular formula is C17H23N3O. The molecule has 0 radical (unpaired) electrons. The first kappa shape index (κ1) is 14.1. The van der Waals surface area contributed by atoms with Gasteiger partial charge in [0, 0.05) is 25.7 Å². The fourth-order valence-corrected chi connectivity index (χ4v) is 3.02. The van der Waals surface area contributed by atoms with E-state index in [1.165, 1.54) is 0 Å². The number of likely N-dealkylation sites (tertiary alicyclic amines) is 1. The molecule has 1 aromatic rings. The average Bonchev–Trinajstić information content (AvgIpc) is 2.59. The van der Waals surface area contributed by atoms with Crippen molar-refractivity contribution < 1.29 is 4.79 Å². The second-order valence-electron chi connectivity index (χ2n) is 6.76. The number of benzodiazepines with no additional fused rings is 1. The topological polar surface area (TPSA) is 35.9 Å². The summed E-state index contributed by atoms with van der Waals surface area (Å²) in [6, 6.07) is 8.07. The molecule has 112 valence electrons. The summed E-state index contributed by atoms with van der Waals surface area (Å²) in [5.74, 6) is 1.04. The van der Waals surface area contributed by atoms with E-state index in [1.807, 2.05) is 25.2 Å². The van der Waals surface area contributed by atoms with Crippen LogP contribution in [0, 0.1) is 5.41 Å². The fourth-order valence-electron chi connectivity index (χ4n) is 3.02. The van der Waals surface area contributed by atoms with Gasteiger partial charge in [0.25, 0.3) is 0 Å². The molecule has 2 aliphatic heterocycles. The van der Waals surface area contributed by atoms with Crippen LogP contribution in [-0.4, -0.2) is 43.3 Å². The van der Waals surface area contributed by atoms with Crippen LogP contribution < -0.4 is 4.90 Å². The summed E-state index contributed by atoms with van der Waals surface area (Å²) < 4.78 is 0. The first-order chi connectivity index (χ1) is 9.98. The first-order valence-corrected chi connectivity index (χ1v) is 7.63. The van der Waals surface area contributed by atoms with E-state index in [-0.39, 0.29) is 12.5 Å². The number of piperidine rings is 1. The molecule has 1 aromatic carbocycles. The maximum absolute atomic E-state index is 12.1. The number of aliphatic imine (C=N–C) groups is 1. The van der Waals surface area contributed by atoms with Crippen LogP contribution in [0.3, 0.4) is 0 Å². The van der Waals surface area contributed by atoms with Crippen molar-refractivity contribution in [1.29, 1.82) is 0 Å². The normalized spacial score (nSPS) is 21.7. The molecule has 0 atom stereocenters. The second kappa shape index (κ2) is 5.17. The van der Waals surface area contributed by atoms with E-state index < -0.39 is 0 Å². The maximum atomic E-state index is 12.1. The zero-order chi connectivity index (χ0) is 15.0. The molecule has 0 unspecified atom stereocenters. The van der Waals surface area contributed by atoms with Crippen molar-refractivity contribution in [2.24, 2.45) is 10.4 Å². The molecule has 0 N–H and O–H groups in total. The van der Waals surface area contributed by atoms with Crippen LogP contribution >= 0.6 is 0 Å². The molecular weight excluding hydrogens is 262 g/mol. The number of hydrogen-bond donors (Lipinski definition) is 0. The molecule has 1 saturated heterocycles. The lowest BCUT2D eigenvalue weighted by molar-refractivity contribution is -0.116. The van der Waals surface area contributed by atoms with Crippen molar-refractivity contribution in [2.45, 2.75) is 26.7 Å². The first-order valence-electron chi connectivity index (χ1n) is 7.63. The summed E-state index contributed by atoms with van der Waals surface area (Å²) in [6.45, 7) is 6.91. The molecule has 2 heterocycles. The second-order valence-corrected chi connectivity index (χ2v) is 6.76. The van der Waals surface area contributed by atoms with E-state index in [9.17, 15) is 4.79 Å². The van der Waals surface area contributed by atoms with Gasteiger partial charge in [-0.2, -0.15) is 0 Å². The van der Waals surface area contributed by atoms with Gasteiger partial charge in [0.05, 0.1) is 5.69 Å². The summed E-state index contributed by atoms with van der Waals surface area (Å²) in [5, 5.41) is 0. The number of rotatable bonds is 0. The van der Waals surface area contributed by atoms with Crippen molar-refractivity contribution in [3.63, 3.8) is 0 Å². The lowest BCUT2D eigenvalue weighted by Gasteiger charge is -2.38. The highest BCUT2D eigenvalue weighted by molar-refractivity contribution is 6.10. The predicted octanol–water partition coefficient (Wildman–Crippen LogP) is 2.53. The summed E-state index contributed by atoms with van der Waals surface area (Å²) in [4.78, 5) is 20.8. The SMILES string of the molecule is CN1C(=O)CN=C(N2CCC(C)(C)CC2)c2ccccc21. The van der Waals surface area contributed by atoms with Crippen LogP contribution in [0.15, 0.2) is 29.3 Å². The molecule has 1 fully saturated rings. The number of anilines is 1. The van der Waals surface area contributed by atoms with Crippen molar-refractivity contribution >= 4 is 17.4 Å². The number of nitrogens with zero attached hydrogens (tertiary/aromatic N) is 3. The third-order valence-electron chi connectivity index (χ3n) is 4.66. The molecule has 4 heteroatoms. The number of likely N-dealkylation sites (N-methyl/N-ethyl adjacent to an activating group) is 1. The third kappa shape index (κ3) is 2.67. The van der Waals surface area contributed by atoms with Crippen molar-refractivity contribution in [1.82, 2.24) is 4.90 Å². The molecule has 21 heavy (non-hydrogen) atoms. The Hall–Kier alpha value is -1.84. The Labute approximate surface area is 126 Å². The predicted molar refractivity (Wildman–Crippen MR) is 85.8 cm³/mol. The zero-order valence-corrected chi connectivity index (χ0v) is 13.1. The molecule has 4 nitrogen and oxygen atoms in total. The number of benzene rings is 1. The van der Waals surface area contributed by atoms with Gasteiger partial charge in [-0.1, -0.05) is 26.0 Å². The number of carbonyl (C=O) groups is 1. The minimum absolute atomic E-state index is 0.0507. The van der Waals surface area contributed by atoms with Crippen LogP contribution in [0.4, 0.5) is 5.69 Å². The zero-order valence-electron chi connectivity index (χ0n) is 13.1. The monoisotopic (exact) mass is 285 g/mol. The van der Waals surface area contributed by atoms with Crippen LogP contribution in [0.25, 0.3) is 0 Å². The third-order valence-corrected chi connectivity index (χ3v) is 4.66. The number of para-hydroxylation sites is 1. The van der Waals surface area contributed by atoms with Gasteiger partial charge in [0.1, 0.15) is 12.4 Å². The highest BCUT2D eigenvalue weighted by Gasteiger charge is 2.30. The van der Waals surface area contributed by atoms with E-state index >= 15 is 0 Å². The Bertz CT molecular complexity index is 581. The van der Waals surface area contributed by atoms with E-state index in [0.29, 0.717) is 5.41 Å². The summed E-state index contributed by atoms with van der Waals surface area (Å²) >= 11 is 0. The van der Waals surface area contributed by atoms with Gasteiger partial charge in [-0.15, -0.1) is 0 Å². The van der Waals surface area contributed by atoms with Gasteiger partial charge in [0.15, 0.2) is 0 Å². The molecule has 0 saturated carbocycles. The van der Waals surface area contributed by atoms with Gasteiger partial charge in [-0.3, -0.25) is 9.79 Å². The van der Waals surface area contributed by atoms with Crippen molar-refractivity contribution in [3.05, 3.63) is 29.8 Å².